The van der Waals surface area contributed by atoms with E-state index in [0.29, 0.717) is 53.1 Å². The van der Waals surface area contributed by atoms with E-state index in [1.807, 2.05) is 6.92 Å². The molecule has 3 unspecified atom stereocenters. The first-order chi connectivity index (χ1) is 17.9. The van der Waals surface area contributed by atoms with Crippen molar-refractivity contribution in [3.05, 3.63) is 52.5 Å². The minimum Gasteiger partial charge on any atom is -0.493 e. The molecule has 3 atom stereocenters. The topological polar surface area (TPSA) is 87.6 Å². The van der Waals surface area contributed by atoms with Crippen LogP contribution >= 0.6 is 11.6 Å². The van der Waals surface area contributed by atoms with Gasteiger partial charge < -0.3 is 25.0 Å². The number of rotatable bonds is 11. The lowest BCUT2D eigenvalue weighted by atomic mass is 9.80. The van der Waals surface area contributed by atoms with Gasteiger partial charge in [-0.15, -0.1) is 5.10 Å². The summed E-state index contributed by atoms with van der Waals surface area (Å²) in [5.41, 5.74) is 3.08. The molecule has 37 heavy (non-hydrogen) atoms. The van der Waals surface area contributed by atoms with Crippen molar-refractivity contribution in [2.45, 2.75) is 51.5 Å². The first-order valence-corrected chi connectivity index (χ1v) is 13.4. The molecule has 0 radical (unpaired) electrons. The third kappa shape index (κ3) is 8.07. The molecule has 0 amide bonds. The Labute approximate surface area is 225 Å². The molecule has 1 heterocycles. The van der Waals surface area contributed by atoms with Crippen molar-refractivity contribution in [2.75, 3.05) is 33.9 Å². The number of ether oxygens (including phenoxy) is 2. The molecular formula is C28H40ClN5O3. The second-order valence-electron chi connectivity index (χ2n) is 9.86. The minimum atomic E-state index is 0.245. The third-order valence-electron chi connectivity index (χ3n) is 7.09. The van der Waals surface area contributed by atoms with Gasteiger partial charge in [0.2, 0.25) is 5.90 Å². The van der Waals surface area contributed by atoms with Crippen LogP contribution < -0.4 is 15.4 Å². The molecule has 1 saturated carbocycles. The Balaban J connectivity index is 1.64. The predicted molar refractivity (Wildman–Crippen MR) is 150 cm³/mol. The number of nitrogens with one attached hydrogen (secondary N) is 2. The van der Waals surface area contributed by atoms with Crippen LogP contribution in [0.3, 0.4) is 0 Å². The van der Waals surface area contributed by atoms with Gasteiger partial charge in [-0.25, -0.2) is 0 Å². The number of allylic oxidation sites excluding steroid dienone is 2. The summed E-state index contributed by atoms with van der Waals surface area (Å²) in [5.74, 6) is 1.52. The van der Waals surface area contributed by atoms with Gasteiger partial charge in [0.05, 0.1) is 24.5 Å². The zero-order valence-electron chi connectivity index (χ0n) is 22.3. The number of piperidine rings is 1. The molecule has 1 aliphatic heterocycles. The van der Waals surface area contributed by atoms with E-state index in [2.05, 4.69) is 53.1 Å². The van der Waals surface area contributed by atoms with E-state index in [0.717, 1.165) is 62.7 Å². The molecule has 1 aromatic rings. The van der Waals surface area contributed by atoms with Gasteiger partial charge in [-0.1, -0.05) is 24.6 Å². The lowest BCUT2D eigenvalue weighted by molar-refractivity contribution is -0.105. The molecule has 2 fully saturated rings. The van der Waals surface area contributed by atoms with E-state index < -0.39 is 0 Å². The molecule has 8 nitrogen and oxygen atoms in total. The van der Waals surface area contributed by atoms with Gasteiger partial charge in [0, 0.05) is 42.1 Å². The Morgan fingerprint density at radius 1 is 1.32 bits per heavy atom. The predicted octanol–water partition coefficient (Wildman–Crippen LogP) is 4.75. The zero-order valence-corrected chi connectivity index (χ0v) is 23.0. The number of carbonyl (C=O) groups excluding carboxylic acids is 1. The van der Waals surface area contributed by atoms with Gasteiger partial charge in [0.25, 0.3) is 0 Å². The quantitative estimate of drug-likeness (QED) is 0.141. The molecule has 0 aromatic heterocycles. The van der Waals surface area contributed by atoms with Crippen LogP contribution in [0.25, 0.3) is 0 Å². The van der Waals surface area contributed by atoms with E-state index >= 15 is 0 Å². The molecule has 2 aliphatic rings. The van der Waals surface area contributed by atoms with E-state index in [9.17, 15) is 4.79 Å². The average molecular weight is 530 g/mol. The van der Waals surface area contributed by atoms with Crippen molar-refractivity contribution in [3.63, 3.8) is 0 Å². The maximum Gasteiger partial charge on any atom is 0.244 e. The van der Waals surface area contributed by atoms with Crippen molar-refractivity contribution in [1.82, 2.24) is 15.5 Å². The highest BCUT2D eigenvalue weighted by Gasteiger charge is 2.27. The van der Waals surface area contributed by atoms with Crippen LogP contribution in [0.15, 0.2) is 52.1 Å². The van der Waals surface area contributed by atoms with Gasteiger partial charge in [-0.3, -0.25) is 4.79 Å². The monoisotopic (exact) mass is 529 g/mol. The largest absolute Gasteiger partial charge is 0.493 e. The summed E-state index contributed by atoms with van der Waals surface area (Å²) in [6.07, 6.45) is 6.80. The lowest BCUT2D eigenvalue weighted by Crippen LogP contribution is -2.40. The van der Waals surface area contributed by atoms with Crippen LogP contribution in [0.2, 0.25) is 5.02 Å². The number of hydrogen-bond acceptors (Lipinski definition) is 8. The van der Waals surface area contributed by atoms with Crippen molar-refractivity contribution in [1.29, 1.82) is 0 Å². The summed E-state index contributed by atoms with van der Waals surface area (Å²) in [6, 6.07) is 5.75. The second kappa shape index (κ2) is 14.2. The van der Waals surface area contributed by atoms with E-state index in [4.69, 9.17) is 21.1 Å². The number of halogens is 1. The number of carbonyl (C=O) groups is 1. The van der Waals surface area contributed by atoms with Crippen LogP contribution in [-0.2, 0) is 9.53 Å². The van der Waals surface area contributed by atoms with Crippen molar-refractivity contribution < 1.29 is 14.3 Å². The molecule has 0 bridgehead atoms. The van der Waals surface area contributed by atoms with Crippen LogP contribution in [-0.4, -0.2) is 63.7 Å². The number of nitrogens with zero attached hydrogens (tertiary/aromatic N) is 3. The fourth-order valence-electron chi connectivity index (χ4n) is 5.03. The highest BCUT2D eigenvalue weighted by atomic mass is 35.5. The SMILES string of the molecule is C=N/N=C(\OCC1CCCC(C(=C)N/C(C=O)=C2\CC(N(C)C)CCN2)C1)c1cc(Cl)ccc1OCC. The fraction of sp³-hybridized carbons (Fsp3) is 0.536. The van der Waals surface area contributed by atoms with Crippen molar-refractivity contribution in [2.24, 2.45) is 22.0 Å². The molecule has 1 aliphatic carbocycles. The second-order valence-corrected chi connectivity index (χ2v) is 10.3. The fourth-order valence-corrected chi connectivity index (χ4v) is 5.20. The Bertz CT molecular complexity index is 1020. The van der Waals surface area contributed by atoms with Gasteiger partial charge in [-0.05, 0) is 76.7 Å². The molecular weight excluding hydrogens is 490 g/mol. The highest BCUT2D eigenvalue weighted by molar-refractivity contribution is 6.31. The van der Waals surface area contributed by atoms with Crippen LogP contribution in [0.1, 0.15) is 51.0 Å². The molecule has 0 spiro atoms. The highest BCUT2D eigenvalue weighted by Crippen LogP contribution is 2.34. The summed E-state index contributed by atoms with van der Waals surface area (Å²) in [5, 5.41) is 15.1. The molecule has 202 valence electrons. The van der Waals surface area contributed by atoms with Crippen LogP contribution in [0.5, 0.6) is 5.75 Å². The Morgan fingerprint density at radius 2 is 2.14 bits per heavy atom. The number of benzene rings is 1. The molecule has 9 heteroatoms. The summed E-state index contributed by atoms with van der Waals surface area (Å²) in [7, 11) is 4.16. The first kappa shape index (κ1) is 28.7. The molecule has 2 N–H and O–H groups in total. The Hall–Kier alpha value is -2.84. The Morgan fingerprint density at radius 3 is 2.84 bits per heavy atom. The van der Waals surface area contributed by atoms with Gasteiger partial charge in [-0.2, -0.15) is 5.10 Å². The van der Waals surface area contributed by atoms with Gasteiger partial charge in [0.15, 0.2) is 6.29 Å². The van der Waals surface area contributed by atoms with Crippen LogP contribution in [0.4, 0.5) is 0 Å². The van der Waals surface area contributed by atoms with Gasteiger partial charge >= 0.3 is 0 Å². The van der Waals surface area contributed by atoms with Gasteiger partial charge in [0.1, 0.15) is 5.75 Å². The zero-order chi connectivity index (χ0) is 26.8. The lowest BCUT2D eigenvalue weighted by Gasteiger charge is -2.33. The summed E-state index contributed by atoms with van der Waals surface area (Å²) in [6.45, 7) is 11.5. The maximum absolute atomic E-state index is 12.0. The summed E-state index contributed by atoms with van der Waals surface area (Å²) < 4.78 is 11.9. The third-order valence-corrected chi connectivity index (χ3v) is 7.32. The van der Waals surface area contributed by atoms with Crippen molar-refractivity contribution >= 4 is 30.5 Å². The minimum absolute atomic E-state index is 0.245. The molecule has 3 rings (SSSR count). The van der Waals surface area contributed by atoms with E-state index in [1.54, 1.807) is 18.2 Å². The number of hydrogen-bond donors (Lipinski definition) is 2. The summed E-state index contributed by atoms with van der Waals surface area (Å²) in [4.78, 5) is 14.2. The normalized spacial score (nSPS) is 23.6. The smallest absolute Gasteiger partial charge is 0.244 e. The molecule has 1 saturated heterocycles. The van der Waals surface area contributed by atoms with Crippen molar-refractivity contribution in [3.8, 4) is 5.75 Å². The first-order valence-electron chi connectivity index (χ1n) is 13.0. The summed E-state index contributed by atoms with van der Waals surface area (Å²) >= 11 is 6.23. The average Bonchev–Trinajstić information content (AvgIpc) is 2.91. The maximum atomic E-state index is 12.0. The molecule has 1 aromatic carbocycles. The van der Waals surface area contributed by atoms with E-state index in [-0.39, 0.29) is 5.92 Å². The number of aldehydes is 1. The standard InChI is InChI=1S/C28H40ClN5O3/c1-6-36-27-11-10-22(29)15-24(27)28(33-30-3)37-18-20-8-7-9-21(14-20)19(2)32-26(17-35)25-16-23(34(4)5)12-13-31-25/h10-11,15,17,20-21,23,31-32H,2-3,6-9,12-14,16,18H2,1,4-5H3/b26-25+,33-28-. The van der Waals surface area contributed by atoms with E-state index in [1.165, 1.54) is 0 Å². The Kier molecular flexibility index (Phi) is 11.0. The van der Waals surface area contributed by atoms with Crippen LogP contribution in [0, 0.1) is 11.8 Å².